The summed E-state index contributed by atoms with van der Waals surface area (Å²) in [6.45, 7) is 1.96. The zero-order valence-electron chi connectivity index (χ0n) is 9.03. The maximum absolute atomic E-state index is 10.7. The number of hydrogen-bond donors (Lipinski definition) is 2. The minimum atomic E-state index is -0.694. The van der Waals surface area contributed by atoms with Crippen molar-refractivity contribution in [1.29, 1.82) is 0 Å². The molecule has 86 valence electrons. The first-order chi connectivity index (χ1) is 7.58. The smallest absolute Gasteiger partial charge is 0.306 e. The van der Waals surface area contributed by atoms with Gasteiger partial charge in [0.2, 0.25) is 0 Å². The number of carboxylic acid groups (broad SMARTS) is 1. The van der Waals surface area contributed by atoms with Gasteiger partial charge in [-0.05, 0) is 37.5 Å². The predicted octanol–water partition coefficient (Wildman–Crippen LogP) is 2.92. The van der Waals surface area contributed by atoms with Crippen molar-refractivity contribution in [1.82, 2.24) is 0 Å². The van der Waals surface area contributed by atoms with E-state index >= 15 is 0 Å². The predicted molar refractivity (Wildman–Crippen MR) is 64.0 cm³/mol. The largest absolute Gasteiger partial charge is 0.481 e. The molecule has 0 unspecified atom stereocenters. The normalized spacial score (nSPS) is 23.6. The summed E-state index contributed by atoms with van der Waals surface area (Å²) in [5.74, 6) is -0.877. The van der Waals surface area contributed by atoms with Gasteiger partial charge in [-0.2, -0.15) is 0 Å². The highest BCUT2D eigenvalue weighted by molar-refractivity contribution is 6.31. The Hall–Kier alpha value is -1.22. The van der Waals surface area contributed by atoms with Crippen LogP contribution in [-0.2, 0) is 4.79 Å². The summed E-state index contributed by atoms with van der Waals surface area (Å²) in [6, 6.07) is 5.97. The quantitative estimate of drug-likeness (QED) is 0.853. The Morgan fingerprint density at radius 3 is 2.81 bits per heavy atom. The van der Waals surface area contributed by atoms with Gasteiger partial charge in [0.05, 0.1) is 5.92 Å². The van der Waals surface area contributed by atoms with E-state index < -0.39 is 5.97 Å². The second-order valence-corrected chi connectivity index (χ2v) is 4.67. The molecular formula is C12H14ClNO2. The summed E-state index contributed by atoms with van der Waals surface area (Å²) in [5.41, 5.74) is 2.02. The topological polar surface area (TPSA) is 49.3 Å². The van der Waals surface area contributed by atoms with Gasteiger partial charge in [-0.25, -0.2) is 0 Å². The first-order valence-electron chi connectivity index (χ1n) is 5.32. The number of hydrogen-bond acceptors (Lipinski definition) is 2. The number of benzene rings is 1. The van der Waals surface area contributed by atoms with E-state index in [4.69, 9.17) is 16.7 Å². The van der Waals surface area contributed by atoms with Gasteiger partial charge in [0.1, 0.15) is 0 Å². The highest BCUT2D eigenvalue weighted by Gasteiger charge is 2.34. The lowest BCUT2D eigenvalue weighted by Crippen LogP contribution is -2.39. The lowest BCUT2D eigenvalue weighted by Gasteiger charge is -2.34. The van der Waals surface area contributed by atoms with Gasteiger partial charge in [0.25, 0.3) is 0 Å². The number of carbonyl (C=O) groups is 1. The third-order valence-electron chi connectivity index (χ3n) is 3.11. The maximum atomic E-state index is 10.7. The number of carboxylic acids is 1. The molecule has 1 saturated carbocycles. The zero-order valence-corrected chi connectivity index (χ0v) is 9.79. The van der Waals surface area contributed by atoms with Gasteiger partial charge in [-0.15, -0.1) is 0 Å². The molecule has 0 bridgehead atoms. The Kier molecular flexibility index (Phi) is 3.06. The minimum absolute atomic E-state index is 0.183. The van der Waals surface area contributed by atoms with Gasteiger partial charge in [-0.1, -0.05) is 17.7 Å². The van der Waals surface area contributed by atoms with E-state index in [2.05, 4.69) is 5.32 Å². The second kappa shape index (κ2) is 4.34. The summed E-state index contributed by atoms with van der Waals surface area (Å²) in [4.78, 5) is 10.7. The summed E-state index contributed by atoms with van der Waals surface area (Å²) in [6.07, 6.45) is 1.39. The molecule has 3 nitrogen and oxygen atoms in total. The molecular weight excluding hydrogens is 226 g/mol. The van der Waals surface area contributed by atoms with Crippen LogP contribution >= 0.6 is 11.6 Å². The zero-order chi connectivity index (χ0) is 11.7. The number of aliphatic carboxylic acids is 1. The van der Waals surface area contributed by atoms with Gasteiger partial charge >= 0.3 is 5.97 Å². The summed E-state index contributed by atoms with van der Waals surface area (Å²) in [7, 11) is 0. The van der Waals surface area contributed by atoms with Crippen LogP contribution in [0.2, 0.25) is 5.02 Å². The van der Waals surface area contributed by atoms with Gasteiger partial charge in [-0.3, -0.25) is 4.79 Å². The van der Waals surface area contributed by atoms with E-state index in [0.29, 0.717) is 12.8 Å². The number of halogens is 1. The van der Waals surface area contributed by atoms with Crippen LogP contribution in [0.1, 0.15) is 18.4 Å². The SMILES string of the molecule is Cc1c(Cl)cccc1NC1CC(C(=O)O)C1. The van der Waals surface area contributed by atoms with Crippen LogP contribution < -0.4 is 5.32 Å². The van der Waals surface area contributed by atoms with E-state index in [-0.39, 0.29) is 12.0 Å². The Labute approximate surface area is 99.4 Å². The molecule has 2 rings (SSSR count). The molecule has 0 amide bonds. The van der Waals surface area contributed by atoms with Crippen LogP contribution in [0.5, 0.6) is 0 Å². The van der Waals surface area contributed by atoms with Crippen molar-refractivity contribution in [3.8, 4) is 0 Å². The van der Waals surface area contributed by atoms with Gasteiger partial charge in [0, 0.05) is 16.8 Å². The molecule has 0 saturated heterocycles. The van der Waals surface area contributed by atoms with Crippen molar-refractivity contribution in [2.75, 3.05) is 5.32 Å². The molecule has 1 fully saturated rings. The summed E-state index contributed by atoms with van der Waals surface area (Å²) in [5, 5.41) is 12.8. The molecule has 0 radical (unpaired) electrons. The highest BCUT2D eigenvalue weighted by atomic mass is 35.5. The average Bonchev–Trinajstić information content (AvgIpc) is 2.16. The highest BCUT2D eigenvalue weighted by Crippen LogP contribution is 2.32. The standard InChI is InChI=1S/C12H14ClNO2/c1-7-10(13)3-2-4-11(7)14-9-5-8(6-9)12(15)16/h2-4,8-9,14H,5-6H2,1H3,(H,15,16). The molecule has 0 atom stereocenters. The van der Waals surface area contributed by atoms with Crippen molar-refractivity contribution in [2.24, 2.45) is 5.92 Å². The second-order valence-electron chi connectivity index (χ2n) is 4.26. The monoisotopic (exact) mass is 239 g/mol. The lowest BCUT2D eigenvalue weighted by atomic mass is 9.80. The van der Waals surface area contributed by atoms with Gasteiger partial charge < -0.3 is 10.4 Å². The number of rotatable bonds is 3. The van der Waals surface area contributed by atoms with Crippen molar-refractivity contribution in [3.63, 3.8) is 0 Å². The molecule has 1 aliphatic carbocycles. The molecule has 1 aliphatic rings. The average molecular weight is 240 g/mol. The molecule has 16 heavy (non-hydrogen) atoms. The number of nitrogens with one attached hydrogen (secondary N) is 1. The Morgan fingerprint density at radius 2 is 2.19 bits per heavy atom. The molecule has 2 N–H and O–H groups in total. The third kappa shape index (κ3) is 2.14. The van der Waals surface area contributed by atoms with E-state index in [1.165, 1.54) is 0 Å². The van der Waals surface area contributed by atoms with Crippen molar-refractivity contribution in [3.05, 3.63) is 28.8 Å². The van der Waals surface area contributed by atoms with Crippen LogP contribution in [0.25, 0.3) is 0 Å². The molecule has 0 aromatic heterocycles. The van der Waals surface area contributed by atoms with Gasteiger partial charge in [0.15, 0.2) is 0 Å². The molecule has 0 heterocycles. The fraction of sp³-hybridized carbons (Fsp3) is 0.417. The first-order valence-corrected chi connectivity index (χ1v) is 5.70. The molecule has 1 aromatic rings. The number of anilines is 1. The Morgan fingerprint density at radius 1 is 1.50 bits per heavy atom. The Balaban J connectivity index is 1.97. The summed E-state index contributed by atoms with van der Waals surface area (Å²) >= 11 is 6.00. The maximum Gasteiger partial charge on any atom is 0.306 e. The fourth-order valence-corrected chi connectivity index (χ4v) is 2.10. The van der Waals surface area contributed by atoms with Crippen LogP contribution in [0, 0.1) is 12.8 Å². The van der Waals surface area contributed by atoms with E-state index in [0.717, 1.165) is 16.3 Å². The van der Waals surface area contributed by atoms with Crippen LogP contribution in [0.4, 0.5) is 5.69 Å². The molecule has 4 heteroatoms. The summed E-state index contributed by atoms with van der Waals surface area (Å²) < 4.78 is 0. The first kappa shape index (κ1) is 11.3. The fourth-order valence-electron chi connectivity index (χ4n) is 1.92. The van der Waals surface area contributed by atoms with E-state index in [1.54, 1.807) is 0 Å². The molecule has 0 aliphatic heterocycles. The van der Waals surface area contributed by atoms with Crippen molar-refractivity contribution >= 4 is 23.3 Å². The van der Waals surface area contributed by atoms with Crippen LogP contribution in [-0.4, -0.2) is 17.1 Å². The van der Waals surface area contributed by atoms with E-state index in [1.807, 2.05) is 25.1 Å². The van der Waals surface area contributed by atoms with E-state index in [9.17, 15) is 4.79 Å². The lowest BCUT2D eigenvalue weighted by molar-refractivity contribution is -0.144. The van der Waals surface area contributed by atoms with Crippen molar-refractivity contribution < 1.29 is 9.90 Å². The molecule has 1 aromatic carbocycles. The minimum Gasteiger partial charge on any atom is -0.481 e. The molecule has 0 spiro atoms. The Bertz CT molecular complexity index is 413. The van der Waals surface area contributed by atoms with Crippen LogP contribution in [0.15, 0.2) is 18.2 Å². The third-order valence-corrected chi connectivity index (χ3v) is 3.52. The van der Waals surface area contributed by atoms with Crippen LogP contribution in [0.3, 0.4) is 0 Å². The van der Waals surface area contributed by atoms with Crippen molar-refractivity contribution in [2.45, 2.75) is 25.8 Å².